The topological polar surface area (TPSA) is 69.6 Å². The molecule has 3 unspecified atom stereocenters. The van der Waals surface area contributed by atoms with Crippen molar-refractivity contribution in [3.8, 4) is 0 Å². The molecular weight excluding hydrogens is 252 g/mol. The fourth-order valence-corrected chi connectivity index (χ4v) is 3.40. The second-order valence-corrected chi connectivity index (χ2v) is 7.51. The SMILES string of the molecule is CC(O)CC(C)NCC1CCCN(S(C)(=O)=O)C1. The van der Waals surface area contributed by atoms with Crippen molar-refractivity contribution in [3.05, 3.63) is 0 Å². The van der Waals surface area contributed by atoms with Gasteiger partial charge in [0, 0.05) is 19.1 Å². The smallest absolute Gasteiger partial charge is 0.211 e. The molecule has 0 aromatic heterocycles. The van der Waals surface area contributed by atoms with Crippen molar-refractivity contribution in [2.75, 3.05) is 25.9 Å². The maximum absolute atomic E-state index is 11.5. The predicted octanol–water partition coefficient (Wildman–Crippen LogP) is 0.407. The van der Waals surface area contributed by atoms with Crippen LogP contribution in [0.25, 0.3) is 0 Å². The minimum atomic E-state index is -3.05. The highest BCUT2D eigenvalue weighted by atomic mass is 32.2. The van der Waals surface area contributed by atoms with Crippen molar-refractivity contribution in [3.63, 3.8) is 0 Å². The molecule has 0 radical (unpaired) electrons. The van der Waals surface area contributed by atoms with E-state index in [1.54, 1.807) is 11.2 Å². The zero-order valence-corrected chi connectivity index (χ0v) is 12.4. The number of piperidine rings is 1. The Kier molecular flexibility index (Phi) is 6.04. The summed E-state index contributed by atoms with van der Waals surface area (Å²) in [5.41, 5.74) is 0. The molecule has 0 aromatic carbocycles. The van der Waals surface area contributed by atoms with Crippen LogP contribution in [0.5, 0.6) is 0 Å². The lowest BCUT2D eigenvalue weighted by atomic mass is 9.99. The van der Waals surface area contributed by atoms with Crippen molar-refractivity contribution in [1.29, 1.82) is 0 Å². The average Bonchev–Trinajstić information content (AvgIpc) is 2.25. The zero-order chi connectivity index (χ0) is 13.8. The minimum Gasteiger partial charge on any atom is -0.393 e. The van der Waals surface area contributed by atoms with Gasteiger partial charge in [0.25, 0.3) is 0 Å². The van der Waals surface area contributed by atoms with E-state index in [4.69, 9.17) is 0 Å². The highest BCUT2D eigenvalue weighted by Crippen LogP contribution is 2.18. The molecule has 0 amide bonds. The predicted molar refractivity (Wildman–Crippen MR) is 72.9 cm³/mol. The van der Waals surface area contributed by atoms with Crippen LogP contribution in [0.15, 0.2) is 0 Å². The molecule has 0 bridgehead atoms. The van der Waals surface area contributed by atoms with Crippen LogP contribution < -0.4 is 5.32 Å². The summed E-state index contributed by atoms with van der Waals surface area (Å²) in [7, 11) is -3.05. The van der Waals surface area contributed by atoms with Gasteiger partial charge in [0.15, 0.2) is 0 Å². The van der Waals surface area contributed by atoms with Gasteiger partial charge in [0.2, 0.25) is 10.0 Å². The Morgan fingerprint density at radius 1 is 1.44 bits per heavy atom. The molecule has 0 aromatic rings. The van der Waals surface area contributed by atoms with Crippen LogP contribution in [0.2, 0.25) is 0 Å². The monoisotopic (exact) mass is 278 g/mol. The van der Waals surface area contributed by atoms with Crippen LogP contribution in [-0.2, 0) is 10.0 Å². The zero-order valence-electron chi connectivity index (χ0n) is 11.6. The number of nitrogens with zero attached hydrogens (tertiary/aromatic N) is 1. The molecule has 1 saturated heterocycles. The molecule has 1 aliphatic heterocycles. The van der Waals surface area contributed by atoms with E-state index in [0.717, 1.165) is 25.8 Å². The van der Waals surface area contributed by atoms with Crippen LogP contribution >= 0.6 is 0 Å². The van der Waals surface area contributed by atoms with E-state index < -0.39 is 10.0 Å². The molecule has 6 heteroatoms. The van der Waals surface area contributed by atoms with Gasteiger partial charge >= 0.3 is 0 Å². The second-order valence-electron chi connectivity index (χ2n) is 5.52. The Hall–Kier alpha value is -0.170. The van der Waals surface area contributed by atoms with E-state index >= 15 is 0 Å². The summed E-state index contributed by atoms with van der Waals surface area (Å²) in [4.78, 5) is 0. The summed E-state index contributed by atoms with van der Waals surface area (Å²) in [6.07, 6.45) is 3.71. The summed E-state index contributed by atoms with van der Waals surface area (Å²) < 4.78 is 24.5. The maximum atomic E-state index is 11.5. The van der Waals surface area contributed by atoms with Gasteiger partial charge in [-0.3, -0.25) is 0 Å². The van der Waals surface area contributed by atoms with Crippen molar-refractivity contribution >= 4 is 10.0 Å². The number of aliphatic hydroxyl groups is 1. The van der Waals surface area contributed by atoms with Crippen LogP contribution in [0.1, 0.15) is 33.1 Å². The lowest BCUT2D eigenvalue weighted by Crippen LogP contribution is -2.43. The lowest BCUT2D eigenvalue weighted by molar-refractivity contribution is 0.167. The molecule has 3 atom stereocenters. The first kappa shape index (κ1) is 15.9. The normalized spacial score (nSPS) is 25.9. The molecule has 0 spiro atoms. The molecule has 1 heterocycles. The quantitative estimate of drug-likeness (QED) is 0.738. The molecule has 1 rings (SSSR count). The molecule has 1 aliphatic rings. The summed E-state index contributed by atoms with van der Waals surface area (Å²) >= 11 is 0. The Balaban J connectivity index is 2.35. The number of nitrogens with one attached hydrogen (secondary N) is 1. The first-order chi connectivity index (χ1) is 8.29. The highest BCUT2D eigenvalue weighted by Gasteiger charge is 2.25. The number of hydrogen-bond acceptors (Lipinski definition) is 4. The van der Waals surface area contributed by atoms with Gasteiger partial charge in [-0.15, -0.1) is 0 Å². The number of aliphatic hydroxyl groups excluding tert-OH is 1. The van der Waals surface area contributed by atoms with Crippen molar-refractivity contribution in [2.24, 2.45) is 5.92 Å². The molecular formula is C12H26N2O3S. The van der Waals surface area contributed by atoms with E-state index in [0.29, 0.717) is 19.0 Å². The third-order valence-electron chi connectivity index (χ3n) is 3.40. The van der Waals surface area contributed by atoms with Crippen LogP contribution in [-0.4, -0.2) is 55.9 Å². The molecule has 2 N–H and O–H groups in total. The van der Waals surface area contributed by atoms with E-state index in [2.05, 4.69) is 5.32 Å². The van der Waals surface area contributed by atoms with Gasteiger partial charge in [-0.05, 0) is 45.6 Å². The summed E-state index contributed by atoms with van der Waals surface area (Å²) in [5, 5.41) is 12.7. The van der Waals surface area contributed by atoms with Gasteiger partial charge in [0.05, 0.1) is 12.4 Å². The van der Waals surface area contributed by atoms with Gasteiger partial charge in [-0.25, -0.2) is 12.7 Å². The Labute approximate surface area is 111 Å². The fourth-order valence-electron chi connectivity index (χ4n) is 2.46. The first-order valence-corrected chi connectivity index (χ1v) is 8.50. The number of rotatable bonds is 6. The molecule has 5 nitrogen and oxygen atoms in total. The van der Waals surface area contributed by atoms with Crippen molar-refractivity contribution in [2.45, 2.75) is 45.3 Å². The van der Waals surface area contributed by atoms with E-state index in [-0.39, 0.29) is 12.1 Å². The summed E-state index contributed by atoms with van der Waals surface area (Å²) in [6.45, 7) is 5.92. The third-order valence-corrected chi connectivity index (χ3v) is 4.67. The van der Waals surface area contributed by atoms with Gasteiger partial charge < -0.3 is 10.4 Å². The average molecular weight is 278 g/mol. The largest absolute Gasteiger partial charge is 0.393 e. The van der Waals surface area contributed by atoms with Crippen LogP contribution in [0, 0.1) is 5.92 Å². The maximum Gasteiger partial charge on any atom is 0.211 e. The molecule has 108 valence electrons. The third kappa shape index (κ3) is 5.65. The van der Waals surface area contributed by atoms with Gasteiger partial charge in [-0.2, -0.15) is 0 Å². The summed E-state index contributed by atoms with van der Waals surface area (Å²) in [6, 6.07) is 0.263. The standard InChI is InChI=1S/C12H26N2O3S/c1-10(7-11(2)15)13-8-12-5-4-6-14(9-12)18(3,16)17/h10-13,15H,4-9H2,1-3H3. The van der Waals surface area contributed by atoms with Crippen molar-refractivity contribution < 1.29 is 13.5 Å². The first-order valence-electron chi connectivity index (χ1n) is 6.65. The second kappa shape index (κ2) is 6.84. The summed E-state index contributed by atoms with van der Waals surface area (Å²) in [5.74, 6) is 0.380. The number of sulfonamides is 1. The number of hydrogen-bond donors (Lipinski definition) is 2. The Morgan fingerprint density at radius 2 is 2.11 bits per heavy atom. The van der Waals surface area contributed by atoms with Crippen molar-refractivity contribution in [1.82, 2.24) is 9.62 Å². The van der Waals surface area contributed by atoms with Gasteiger partial charge in [-0.1, -0.05) is 0 Å². The highest BCUT2D eigenvalue weighted by molar-refractivity contribution is 7.88. The molecule has 1 fully saturated rings. The minimum absolute atomic E-state index is 0.263. The Bertz CT molecular complexity index is 343. The fraction of sp³-hybridized carbons (Fsp3) is 1.00. The van der Waals surface area contributed by atoms with Gasteiger partial charge in [0.1, 0.15) is 0 Å². The lowest BCUT2D eigenvalue weighted by Gasteiger charge is -2.31. The molecule has 18 heavy (non-hydrogen) atoms. The van der Waals surface area contributed by atoms with E-state index in [1.807, 2.05) is 6.92 Å². The Morgan fingerprint density at radius 3 is 2.67 bits per heavy atom. The molecule has 0 aliphatic carbocycles. The van der Waals surface area contributed by atoms with Crippen LogP contribution in [0.3, 0.4) is 0 Å². The van der Waals surface area contributed by atoms with E-state index in [9.17, 15) is 13.5 Å². The molecule has 0 saturated carbocycles. The van der Waals surface area contributed by atoms with Crippen LogP contribution in [0.4, 0.5) is 0 Å². The van der Waals surface area contributed by atoms with E-state index in [1.165, 1.54) is 6.26 Å².